The zero-order chi connectivity index (χ0) is 15.7. The SMILES string of the molecule is c1cc2sc(-c3cc4sc(-c5cc6sccc6s5)cc4s3)cc2s1. The smallest absolute Gasteiger partial charge is 0.0464 e. The van der Waals surface area contributed by atoms with E-state index in [1.165, 1.54) is 47.7 Å². The lowest BCUT2D eigenvalue weighted by Crippen LogP contribution is -1.59. The molecule has 0 unspecified atom stereocenters. The summed E-state index contributed by atoms with van der Waals surface area (Å²) in [6.07, 6.45) is 0. The summed E-state index contributed by atoms with van der Waals surface area (Å²) >= 11 is 11.3. The van der Waals surface area contributed by atoms with E-state index < -0.39 is 0 Å². The molecule has 0 bridgehead atoms. The molecule has 0 saturated heterocycles. The molecular formula is C18H8S6. The van der Waals surface area contributed by atoms with Crippen LogP contribution < -0.4 is 0 Å². The van der Waals surface area contributed by atoms with Gasteiger partial charge in [0.1, 0.15) is 0 Å². The first-order valence-electron chi connectivity index (χ1n) is 7.32. The van der Waals surface area contributed by atoms with E-state index in [1.54, 1.807) is 0 Å². The molecule has 6 aromatic heterocycles. The topological polar surface area (TPSA) is 0 Å². The maximum atomic E-state index is 2.37. The molecule has 116 valence electrons. The van der Waals surface area contributed by atoms with E-state index in [-0.39, 0.29) is 0 Å². The maximum Gasteiger partial charge on any atom is 0.0464 e. The Morgan fingerprint density at radius 2 is 0.792 bits per heavy atom. The fourth-order valence-corrected chi connectivity index (χ4v) is 9.61. The van der Waals surface area contributed by atoms with Gasteiger partial charge in [0.2, 0.25) is 0 Å². The van der Waals surface area contributed by atoms with Crippen LogP contribution >= 0.6 is 68.0 Å². The first kappa shape index (κ1) is 14.2. The third-order valence-corrected chi connectivity index (χ3v) is 10.8. The van der Waals surface area contributed by atoms with E-state index in [1.807, 2.05) is 68.0 Å². The van der Waals surface area contributed by atoms with Crippen LogP contribution in [0.15, 0.2) is 47.2 Å². The molecule has 6 aromatic rings. The highest BCUT2D eigenvalue weighted by Crippen LogP contribution is 2.47. The average Bonchev–Trinajstić information content (AvgIpc) is 3.31. The van der Waals surface area contributed by atoms with Crippen molar-refractivity contribution in [2.75, 3.05) is 0 Å². The van der Waals surface area contributed by atoms with Crippen molar-refractivity contribution in [2.45, 2.75) is 0 Å². The van der Waals surface area contributed by atoms with Gasteiger partial charge in [0, 0.05) is 47.7 Å². The Labute approximate surface area is 161 Å². The molecule has 0 N–H and O–H groups in total. The van der Waals surface area contributed by atoms with E-state index >= 15 is 0 Å². The zero-order valence-electron chi connectivity index (χ0n) is 12.1. The van der Waals surface area contributed by atoms with Gasteiger partial charge in [-0.25, -0.2) is 0 Å². The van der Waals surface area contributed by atoms with Gasteiger partial charge in [-0.2, -0.15) is 0 Å². The Bertz CT molecular complexity index is 1120. The second kappa shape index (κ2) is 5.24. The molecular weight excluding hydrogens is 409 g/mol. The summed E-state index contributed by atoms with van der Waals surface area (Å²) in [4.78, 5) is 5.62. The first-order valence-corrected chi connectivity index (χ1v) is 12.3. The van der Waals surface area contributed by atoms with Crippen molar-refractivity contribution in [3.8, 4) is 19.5 Å². The third-order valence-electron chi connectivity index (χ3n) is 3.97. The molecule has 0 amide bonds. The lowest BCUT2D eigenvalue weighted by atomic mass is 10.3. The molecule has 0 aliphatic rings. The lowest BCUT2D eigenvalue weighted by Gasteiger charge is -1.90. The summed E-state index contributed by atoms with van der Waals surface area (Å²) in [6.45, 7) is 0. The monoisotopic (exact) mass is 416 g/mol. The minimum atomic E-state index is 1.41. The number of fused-ring (bicyclic) bond motifs is 3. The summed E-state index contributed by atoms with van der Waals surface area (Å²) in [5, 5.41) is 4.35. The van der Waals surface area contributed by atoms with Crippen molar-refractivity contribution in [3.05, 3.63) is 47.2 Å². The fourth-order valence-electron chi connectivity index (χ4n) is 2.85. The van der Waals surface area contributed by atoms with E-state index in [2.05, 4.69) is 47.2 Å². The summed E-state index contributed by atoms with van der Waals surface area (Å²) in [7, 11) is 0. The molecule has 0 spiro atoms. The van der Waals surface area contributed by atoms with E-state index in [4.69, 9.17) is 0 Å². The highest BCUT2D eigenvalue weighted by molar-refractivity contribution is 7.36. The molecule has 0 nitrogen and oxygen atoms in total. The van der Waals surface area contributed by atoms with Gasteiger partial charge in [-0.1, -0.05) is 0 Å². The number of hydrogen-bond donors (Lipinski definition) is 0. The lowest BCUT2D eigenvalue weighted by molar-refractivity contribution is 2.06. The van der Waals surface area contributed by atoms with Crippen molar-refractivity contribution in [3.63, 3.8) is 0 Å². The van der Waals surface area contributed by atoms with Crippen molar-refractivity contribution < 1.29 is 0 Å². The van der Waals surface area contributed by atoms with Crippen LogP contribution in [0.4, 0.5) is 0 Å². The number of thiophene rings is 6. The first-order chi connectivity index (χ1) is 11.8. The van der Waals surface area contributed by atoms with Crippen LogP contribution in [0, 0.1) is 0 Å². The van der Waals surface area contributed by atoms with Crippen LogP contribution in [0.5, 0.6) is 0 Å². The van der Waals surface area contributed by atoms with Gasteiger partial charge in [0.15, 0.2) is 0 Å². The molecule has 0 fully saturated rings. The molecule has 6 heterocycles. The highest BCUT2D eigenvalue weighted by Gasteiger charge is 2.13. The third kappa shape index (κ3) is 2.11. The minimum absolute atomic E-state index is 1.41. The van der Waals surface area contributed by atoms with Crippen LogP contribution in [-0.4, -0.2) is 0 Å². The summed E-state index contributed by atoms with van der Waals surface area (Å²) in [5.74, 6) is 0. The molecule has 24 heavy (non-hydrogen) atoms. The second-order valence-electron chi connectivity index (χ2n) is 5.47. The van der Waals surface area contributed by atoms with Gasteiger partial charge in [-0.15, -0.1) is 68.0 Å². The fraction of sp³-hybridized carbons (Fsp3) is 0. The Morgan fingerprint density at radius 3 is 1.21 bits per heavy atom. The normalized spacial score (nSPS) is 12.2. The minimum Gasteiger partial charge on any atom is -0.143 e. The Morgan fingerprint density at radius 1 is 0.417 bits per heavy atom. The van der Waals surface area contributed by atoms with Gasteiger partial charge in [-0.05, 0) is 47.2 Å². The van der Waals surface area contributed by atoms with Gasteiger partial charge >= 0.3 is 0 Å². The molecule has 0 aromatic carbocycles. The highest BCUT2D eigenvalue weighted by atomic mass is 32.1. The summed E-state index contributed by atoms with van der Waals surface area (Å²) in [5.41, 5.74) is 0. The van der Waals surface area contributed by atoms with Gasteiger partial charge in [0.05, 0.1) is 0 Å². The molecule has 6 rings (SSSR count). The second-order valence-corrected chi connectivity index (χ2v) is 11.7. The van der Waals surface area contributed by atoms with Crippen LogP contribution in [0.2, 0.25) is 0 Å². The summed E-state index contributed by atoms with van der Waals surface area (Å²) in [6, 6.07) is 13.9. The van der Waals surface area contributed by atoms with Crippen LogP contribution in [0.1, 0.15) is 0 Å². The Kier molecular flexibility index (Phi) is 3.09. The molecule has 6 heteroatoms. The van der Waals surface area contributed by atoms with Gasteiger partial charge in [-0.3, -0.25) is 0 Å². The number of hydrogen-bond acceptors (Lipinski definition) is 6. The molecule has 0 saturated carbocycles. The van der Waals surface area contributed by atoms with Crippen molar-refractivity contribution in [1.82, 2.24) is 0 Å². The summed E-state index contributed by atoms with van der Waals surface area (Å²) < 4.78 is 8.46. The molecule has 0 atom stereocenters. The van der Waals surface area contributed by atoms with Crippen molar-refractivity contribution in [1.29, 1.82) is 0 Å². The largest absolute Gasteiger partial charge is 0.143 e. The predicted molar refractivity (Wildman–Crippen MR) is 117 cm³/mol. The molecule has 0 aliphatic heterocycles. The van der Waals surface area contributed by atoms with Crippen molar-refractivity contribution in [2.24, 2.45) is 0 Å². The number of rotatable bonds is 2. The average molecular weight is 417 g/mol. The molecule has 0 radical (unpaired) electrons. The molecule has 0 aliphatic carbocycles. The van der Waals surface area contributed by atoms with E-state index in [0.29, 0.717) is 0 Å². The maximum absolute atomic E-state index is 2.37. The van der Waals surface area contributed by atoms with Crippen LogP contribution in [-0.2, 0) is 0 Å². The predicted octanol–water partition coefficient (Wildman–Crippen LogP) is 8.85. The van der Waals surface area contributed by atoms with E-state index in [0.717, 1.165) is 0 Å². The standard InChI is InChI=1S/C18H8S6/c1-3-19-11-5-13(21-9(1)11)15-7-17-18(23-15)8-16(24-17)14-6-12-10(22-14)2-4-20-12/h1-8H. The van der Waals surface area contributed by atoms with Crippen LogP contribution in [0.25, 0.3) is 47.7 Å². The Hall–Kier alpha value is -1.02. The van der Waals surface area contributed by atoms with Gasteiger partial charge in [0.25, 0.3) is 0 Å². The quantitative estimate of drug-likeness (QED) is 0.264. The Balaban J connectivity index is 1.45. The van der Waals surface area contributed by atoms with Crippen molar-refractivity contribution >= 4 is 96.2 Å². The van der Waals surface area contributed by atoms with Crippen LogP contribution in [0.3, 0.4) is 0 Å². The zero-order valence-corrected chi connectivity index (χ0v) is 17.0. The van der Waals surface area contributed by atoms with E-state index in [9.17, 15) is 0 Å². The van der Waals surface area contributed by atoms with Gasteiger partial charge < -0.3 is 0 Å².